The fraction of sp³-hybridized carbons (Fsp3) is 0.630. The number of hydrogen-bond donors (Lipinski definition) is 1. The van der Waals surface area contributed by atoms with Crippen LogP contribution in [0.2, 0.25) is 0 Å². The molecule has 2 aliphatic carbocycles. The van der Waals surface area contributed by atoms with Crippen LogP contribution in [0.25, 0.3) is 0 Å². The summed E-state index contributed by atoms with van der Waals surface area (Å²) in [6, 6.07) is 8.79. The van der Waals surface area contributed by atoms with Gasteiger partial charge in [0.15, 0.2) is 0 Å². The summed E-state index contributed by atoms with van der Waals surface area (Å²) in [6.07, 6.45) is 15.1. The van der Waals surface area contributed by atoms with Crippen molar-refractivity contribution in [3.63, 3.8) is 0 Å². The molecule has 164 valence electrons. The van der Waals surface area contributed by atoms with E-state index in [0.29, 0.717) is 17.8 Å². The molecule has 30 heavy (non-hydrogen) atoms. The lowest BCUT2D eigenvalue weighted by Crippen LogP contribution is -2.36. The van der Waals surface area contributed by atoms with Crippen molar-refractivity contribution in [2.75, 3.05) is 32.8 Å². The van der Waals surface area contributed by atoms with E-state index in [1.165, 1.54) is 43.4 Å². The molecule has 3 aliphatic rings. The third-order valence-electron chi connectivity index (χ3n) is 7.32. The van der Waals surface area contributed by atoms with Gasteiger partial charge in [0, 0.05) is 19.0 Å². The lowest BCUT2D eigenvalue weighted by Gasteiger charge is -2.26. The first-order valence-corrected chi connectivity index (χ1v) is 12.1. The normalized spacial score (nSPS) is 29.5. The molecule has 0 spiro atoms. The Morgan fingerprint density at radius 1 is 1.17 bits per heavy atom. The number of allylic oxidation sites excluding steroid dienone is 3. The van der Waals surface area contributed by atoms with Crippen LogP contribution < -0.4 is 0 Å². The highest BCUT2D eigenvalue weighted by molar-refractivity contribution is 5.23. The molecule has 3 nitrogen and oxygen atoms in total. The van der Waals surface area contributed by atoms with Crippen LogP contribution in [0.5, 0.6) is 0 Å². The Morgan fingerprint density at radius 2 is 2.03 bits per heavy atom. The number of aliphatic hydroxyl groups excluding tert-OH is 1. The average molecular weight is 410 g/mol. The van der Waals surface area contributed by atoms with E-state index < -0.39 is 0 Å². The van der Waals surface area contributed by atoms with Crippen molar-refractivity contribution < 1.29 is 9.84 Å². The van der Waals surface area contributed by atoms with Crippen LogP contribution >= 0.6 is 0 Å². The molecule has 4 rings (SSSR count). The van der Waals surface area contributed by atoms with Gasteiger partial charge < -0.3 is 9.84 Å². The van der Waals surface area contributed by atoms with E-state index in [0.717, 1.165) is 45.6 Å². The van der Waals surface area contributed by atoms with E-state index in [-0.39, 0.29) is 6.10 Å². The molecule has 1 aliphatic heterocycles. The highest BCUT2D eigenvalue weighted by atomic mass is 16.5. The molecular weight excluding hydrogens is 370 g/mol. The van der Waals surface area contributed by atoms with Crippen LogP contribution in [0.4, 0.5) is 0 Å². The summed E-state index contributed by atoms with van der Waals surface area (Å²) >= 11 is 0. The number of ether oxygens (including phenoxy) is 1. The van der Waals surface area contributed by atoms with Crippen molar-refractivity contribution in [1.29, 1.82) is 0 Å². The monoisotopic (exact) mass is 409 g/mol. The van der Waals surface area contributed by atoms with Gasteiger partial charge >= 0.3 is 0 Å². The zero-order chi connectivity index (χ0) is 20.8. The Bertz CT molecular complexity index is 734. The first kappa shape index (κ1) is 21.8. The predicted octanol–water partition coefficient (Wildman–Crippen LogP) is 4.93. The third-order valence-corrected chi connectivity index (χ3v) is 7.32. The molecule has 1 aromatic carbocycles. The summed E-state index contributed by atoms with van der Waals surface area (Å²) in [5.41, 5.74) is 4.39. The standard InChI is InChI=1S/C27H39NO2/c1-21-7-6-10-22(17-21)8-2-3-11-25-26-19-23(18-24(26)20-27(25)29)9-4-5-12-28-13-15-30-16-14-28/h3,6-7,10-11,17-18,24-27,29H,2,4-5,8-9,12-16,19-20H2,1H3/b11-3+/t24-,25+,26-,27+/m0/s1. The zero-order valence-electron chi connectivity index (χ0n) is 18.6. The molecule has 1 N–H and O–H groups in total. The minimum atomic E-state index is -0.158. The van der Waals surface area contributed by atoms with Crippen molar-refractivity contribution in [1.82, 2.24) is 4.90 Å². The number of aryl methyl sites for hydroxylation is 2. The van der Waals surface area contributed by atoms with Crippen LogP contribution in [-0.2, 0) is 11.2 Å². The summed E-state index contributed by atoms with van der Waals surface area (Å²) in [5.74, 6) is 1.57. The molecule has 1 heterocycles. The number of nitrogens with zero attached hydrogens (tertiary/aromatic N) is 1. The SMILES string of the molecule is Cc1cccc(CC/C=C/[C@@H]2[C@H]3CC(CCCCN4CCOCC4)=C[C@H]3C[C@H]2O)c1. The smallest absolute Gasteiger partial charge is 0.0611 e. The fourth-order valence-corrected chi connectivity index (χ4v) is 5.67. The second kappa shape index (κ2) is 10.7. The molecule has 0 aromatic heterocycles. The van der Waals surface area contributed by atoms with Crippen molar-refractivity contribution in [3.05, 3.63) is 59.2 Å². The molecule has 0 bridgehead atoms. The molecule has 1 saturated heterocycles. The lowest BCUT2D eigenvalue weighted by atomic mass is 9.88. The highest BCUT2D eigenvalue weighted by Gasteiger charge is 2.43. The largest absolute Gasteiger partial charge is 0.392 e. The predicted molar refractivity (Wildman–Crippen MR) is 124 cm³/mol. The maximum absolute atomic E-state index is 10.6. The number of benzene rings is 1. The number of hydrogen-bond acceptors (Lipinski definition) is 3. The van der Waals surface area contributed by atoms with E-state index in [9.17, 15) is 5.11 Å². The van der Waals surface area contributed by atoms with E-state index in [1.807, 2.05) is 0 Å². The average Bonchev–Trinajstić information content (AvgIpc) is 3.26. The van der Waals surface area contributed by atoms with Gasteiger partial charge in [-0.15, -0.1) is 0 Å². The van der Waals surface area contributed by atoms with E-state index >= 15 is 0 Å². The van der Waals surface area contributed by atoms with E-state index in [4.69, 9.17) is 4.74 Å². The van der Waals surface area contributed by atoms with Gasteiger partial charge in [-0.2, -0.15) is 0 Å². The van der Waals surface area contributed by atoms with Gasteiger partial charge in [0.2, 0.25) is 0 Å². The van der Waals surface area contributed by atoms with Crippen LogP contribution in [0.1, 0.15) is 49.7 Å². The summed E-state index contributed by atoms with van der Waals surface area (Å²) in [5, 5.41) is 10.6. The first-order valence-electron chi connectivity index (χ1n) is 12.1. The summed E-state index contributed by atoms with van der Waals surface area (Å²) in [4.78, 5) is 2.54. The molecule has 4 atom stereocenters. The molecule has 0 amide bonds. The molecule has 1 saturated carbocycles. The Hall–Kier alpha value is -1.42. The van der Waals surface area contributed by atoms with E-state index in [2.05, 4.69) is 54.3 Å². The van der Waals surface area contributed by atoms with Gasteiger partial charge in [0.1, 0.15) is 0 Å². The van der Waals surface area contributed by atoms with Crippen LogP contribution in [0, 0.1) is 24.7 Å². The van der Waals surface area contributed by atoms with E-state index in [1.54, 1.807) is 5.57 Å². The van der Waals surface area contributed by atoms with Crippen molar-refractivity contribution in [2.24, 2.45) is 17.8 Å². The minimum Gasteiger partial charge on any atom is -0.392 e. The van der Waals surface area contributed by atoms with Gasteiger partial charge in [-0.25, -0.2) is 0 Å². The third kappa shape index (κ3) is 5.84. The van der Waals surface area contributed by atoms with Gasteiger partial charge in [-0.05, 0) is 75.8 Å². The minimum absolute atomic E-state index is 0.158. The van der Waals surface area contributed by atoms with Gasteiger partial charge in [0.25, 0.3) is 0 Å². The van der Waals surface area contributed by atoms with Gasteiger partial charge in [-0.1, -0.05) is 53.6 Å². The molecule has 0 unspecified atom stereocenters. The Kier molecular flexibility index (Phi) is 7.81. The van der Waals surface area contributed by atoms with Crippen molar-refractivity contribution in [3.8, 4) is 0 Å². The maximum Gasteiger partial charge on any atom is 0.0611 e. The summed E-state index contributed by atoms with van der Waals surface area (Å²) < 4.78 is 5.43. The molecular formula is C27H39NO2. The molecule has 2 fully saturated rings. The second-order valence-electron chi connectivity index (χ2n) is 9.60. The van der Waals surface area contributed by atoms with Crippen LogP contribution in [0.15, 0.2) is 48.1 Å². The topological polar surface area (TPSA) is 32.7 Å². The number of fused-ring (bicyclic) bond motifs is 1. The Balaban J connectivity index is 1.19. The Labute approximate surface area is 182 Å². The fourth-order valence-electron chi connectivity index (χ4n) is 5.67. The molecule has 0 radical (unpaired) electrons. The zero-order valence-corrected chi connectivity index (χ0v) is 18.6. The highest BCUT2D eigenvalue weighted by Crippen LogP contribution is 2.48. The number of morpholine rings is 1. The van der Waals surface area contributed by atoms with Gasteiger partial charge in [-0.3, -0.25) is 4.90 Å². The van der Waals surface area contributed by atoms with Crippen LogP contribution in [0.3, 0.4) is 0 Å². The number of unbranched alkanes of at least 4 members (excludes halogenated alkanes) is 1. The molecule has 3 heteroatoms. The van der Waals surface area contributed by atoms with Crippen molar-refractivity contribution >= 4 is 0 Å². The second-order valence-corrected chi connectivity index (χ2v) is 9.60. The first-order chi connectivity index (χ1) is 14.7. The summed E-state index contributed by atoms with van der Waals surface area (Å²) in [6.45, 7) is 7.37. The number of aliphatic hydroxyl groups is 1. The quantitative estimate of drug-likeness (QED) is 0.464. The number of rotatable bonds is 9. The molecule has 1 aromatic rings. The lowest BCUT2D eigenvalue weighted by molar-refractivity contribution is 0.0372. The van der Waals surface area contributed by atoms with Gasteiger partial charge in [0.05, 0.1) is 19.3 Å². The van der Waals surface area contributed by atoms with Crippen LogP contribution in [-0.4, -0.2) is 49.0 Å². The maximum atomic E-state index is 10.6. The Morgan fingerprint density at radius 3 is 2.87 bits per heavy atom. The summed E-state index contributed by atoms with van der Waals surface area (Å²) in [7, 11) is 0. The van der Waals surface area contributed by atoms with Crippen molar-refractivity contribution in [2.45, 2.75) is 58.0 Å².